The van der Waals surface area contributed by atoms with Gasteiger partial charge in [-0.3, -0.25) is 0 Å². The van der Waals surface area contributed by atoms with Gasteiger partial charge in [0.2, 0.25) is 0 Å². The normalized spacial score (nSPS) is 24.7. The molecule has 0 radical (unpaired) electrons. The quantitative estimate of drug-likeness (QED) is 0.776. The van der Waals surface area contributed by atoms with Crippen LogP contribution in [0.15, 0.2) is 12.1 Å². The van der Waals surface area contributed by atoms with Crippen LogP contribution in [0.25, 0.3) is 0 Å². The molecule has 0 aromatic heterocycles. The molecule has 1 aromatic rings. The van der Waals surface area contributed by atoms with Crippen LogP contribution in [0.2, 0.25) is 5.02 Å². The average molecular weight is 321 g/mol. The van der Waals surface area contributed by atoms with Gasteiger partial charge in [0.1, 0.15) is 5.75 Å². The zero-order valence-corrected chi connectivity index (χ0v) is 12.5. The summed E-state index contributed by atoms with van der Waals surface area (Å²) in [7, 11) is 0. The number of fused-ring (bicyclic) bond motifs is 1. The van der Waals surface area contributed by atoms with Crippen molar-refractivity contribution in [1.29, 1.82) is 0 Å². The van der Waals surface area contributed by atoms with Crippen LogP contribution in [-0.4, -0.2) is 25.0 Å². The predicted molar refractivity (Wildman–Crippen MR) is 73.0 cm³/mol. The van der Waals surface area contributed by atoms with E-state index in [1.54, 1.807) is 6.07 Å². The molecule has 1 saturated heterocycles. The van der Waals surface area contributed by atoms with Gasteiger partial charge in [0.25, 0.3) is 0 Å². The smallest absolute Gasteiger partial charge is 0.417 e. The third kappa shape index (κ3) is 2.86. The van der Waals surface area contributed by atoms with Crippen molar-refractivity contribution in [3.05, 3.63) is 28.3 Å². The Morgan fingerprint density at radius 1 is 1.29 bits per heavy atom. The van der Waals surface area contributed by atoms with Crippen molar-refractivity contribution in [2.75, 3.05) is 6.61 Å². The van der Waals surface area contributed by atoms with Gasteiger partial charge in [-0.05, 0) is 29.5 Å². The lowest BCUT2D eigenvalue weighted by Crippen LogP contribution is -2.25. The summed E-state index contributed by atoms with van der Waals surface area (Å²) in [6.45, 7) is 4.38. The summed E-state index contributed by atoms with van der Waals surface area (Å²) in [6.07, 6.45) is -5.63. The first-order chi connectivity index (χ1) is 9.68. The number of halogens is 4. The van der Waals surface area contributed by atoms with E-state index >= 15 is 0 Å². The number of ether oxygens (including phenoxy) is 2. The second-order valence-electron chi connectivity index (χ2n) is 6.26. The maximum absolute atomic E-state index is 12.6. The number of benzene rings is 1. The Morgan fingerprint density at radius 2 is 2.00 bits per heavy atom. The molecule has 1 aromatic carbocycles. The summed E-state index contributed by atoms with van der Waals surface area (Å²) in [6, 6.07) is 3.65. The zero-order chi connectivity index (χ0) is 15.4. The highest BCUT2D eigenvalue weighted by Crippen LogP contribution is 2.47. The molecule has 2 aliphatic rings. The first kappa shape index (κ1) is 15.0. The summed E-state index contributed by atoms with van der Waals surface area (Å²) in [5, 5.41) is 0.589. The molecule has 3 rings (SSSR count). The van der Waals surface area contributed by atoms with Crippen molar-refractivity contribution >= 4 is 11.6 Å². The van der Waals surface area contributed by atoms with Crippen LogP contribution in [0.5, 0.6) is 5.75 Å². The molecular formula is C15H16ClF3O2. The van der Waals surface area contributed by atoms with E-state index in [-0.39, 0.29) is 6.42 Å². The van der Waals surface area contributed by atoms with E-state index in [0.29, 0.717) is 11.6 Å². The summed E-state index contributed by atoms with van der Waals surface area (Å²) in [4.78, 5) is 0. The molecule has 6 heteroatoms. The summed E-state index contributed by atoms with van der Waals surface area (Å²) in [5.74, 6) is 0.772. The van der Waals surface area contributed by atoms with Gasteiger partial charge in [-0.1, -0.05) is 25.4 Å². The van der Waals surface area contributed by atoms with E-state index in [1.807, 2.05) is 19.9 Å². The van der Waals surface area contributed by atoms with Crippen molar-refractivity contribution in [1.82, 2.24) is 0 Å². The molecular weight excluding hydrogens is 305 g/mol. The molecule has 0 bridgehead atoms. The van der Waals surface area contributed by atoms with Crippen LogP contribution in [0.1, 0.15) is 31.4 Å². The van der Waals surface area contributed by atoms with E-state index < -0.39 is 23.8 Å². The van der Waals surface area contributed by atoms with Crippen LogP contribution in [0.3, 0.4) is 0 Å². The van der Waals surface area contributed by atoms with Crippen molar-refractivity contribution in [3.63, 3.8) is 0 Å². The molecule has 0 aliphatic carbocycles. The minimum Gasteiger partial charge on any atom is -0.493 e. The third-order valence-corrected chi connectivity index (χ3v) is 4.31. The molecule has 0 saturated carbocycles. The molecule has 21 heavy (non-hydrogen) atoms. The lowest BCUT2D eigenvalue weighted by Gasteiger charge is -2.27. The second-order valence-corrected chi connectivity index (χ2v) is 6.70. The molecule has 2 aliphatic heterocycles. The number of epoxide rings is 1. The maximum Gasteiger partial charge on any atom is 0.417 e. The Bertz CT molecular complexity index is 569. The maximum atomic E-state index is 12.6. The molecule has 2 nitrogen and oxygen atoms in total. The van der Waals surface area contributed by atoms with Crippen molar-refractivity contribution < 1.29 is 22.6 Å². The van der Waals surface area contributed by atoms with Crippen molar-refractivity contribution in [2.24, 2.45) is 0 Å². The van der Waals surface area contributed by atoms with Crippen molar-refractivity contribution in [3.8, 4) is 5.75 Å². The largest absolute Gasteiger partial charge is 0.493 e. The average Bonchev–Trinajstić information content (AvgIpc) is 2.96. The summed E-state index contributed by atoms with van der Waals surface area (Å²) >= 11 is 6.12. The van der Waals surface area contributed by atoms with Gasteiger partial charge >= 0.3 is 6.18 Å². The van der Waals surface area contributed by atoms with Gasteiger partial charge in [0.15, 0.2) is 6.10 Å². The minimum atomic E-state index is -4.28. The Balaban J connectivity index is 1.83. The van der Waals surface area contributed by atoms with Crippen LogP contribution in [-0.2, 0) is 16.6 Å². The summed E-state index contributed by atoms with van der Waals surface area (Å²) < 4.78 is 48.2. The van der Waals surface area contributed by atoms with Crippen LogP contribution in [0, 0.1) is 0 Å². The van der Waals surface area contributed by atoms with Gasteiger partial charge in [-0.2, -0.15) is 13.2 Å². The Morgan fingerprint density at radius 3 is 2.62 bits per heavy atom. The zero-order valence-electron chi connectivity index (χ0n) is 11.8. The van der Waals surface area contributed by atoms with Gasteiger partial charge in [0, 0.05) is 17.0 Å². The lowest BCUT2D eigenvalue weighted by atomic mass is 9.79. The Labute approximate surface area is 126 Å². The number of alkyl halides is 3. The first-order valence-corrected chi connectivity index (χ1v) is 7.24. The van der Waals surface area contributed by atoms with E-state index in [0.717, 1.165) is 23.3 Å². The minimum absolute atomic E-state index is 0.285. The Hall–Kier alpha value is -0.940. The van der Waals surface area contributed by atoms with Crippen LogP contribution in [0.4, 0.5) is 13.2 Å². The number of rotatable bonds is 3. The molecule has 2 heterocycles. The van der Waals surface area contributed by atoms with E-state index in [1.165, 1.54) is 0 Å². The number of hydrogen-bond donors (Lipinski definition) is 0. The predicted octanol–water partition coefficient (Wildman–Crippen LogP) is 4.27. The fourth-order valence-electron chi connectivity index (χ4n) is 2.97. The molecule has 0 N–H and O–H groups in total. The highest BCUT2D eigenvalue weighted by atomic mass is 35.5. The van der Waals surface area contributed by atoms with Crippen molar-refractivity contribution in [2.45, 2.75) is 50.5 Å². The SMILES string of the molecule is CC(C)(CC1OC1C(F)(F)F)c1cc(Cl)cc2c1OCC2. The molecule has 2 unspecified atom stereocenters. The highest BCUT2D eigenvalue weighted by Gasteiger charge is 2.59. The lowest BCUT2D eigenvalue weighted by molar-refractivity contribution is -0.146. The number of hydrogen-bond acceptors (Lipinski definition) is 2. The Kier molecular flexibility index (Phi) is 3.41. The standard InChI is InChI=1S/C15H16ClF3O2/c1-14(2,7-11-13(21-11)15(17,18)19)10-6-9(16)5-8-3-4-20-12(8)10/h5-6,11,13H,3-4,7H2,1-2H3. The molecule has 2 atom stereocenters. The van der Waals surface area contributed by atoms with Gasteiger partial charge < -0.3 is 9.47 Å². The fraction of sp³-hybridized carbons (Fsp3) is 0.600. The second kappa shape index (κ2) is 4.78. The fourth-order valence-corrected chi connectivity index (χ4v) is 3.21. The first-order valence-electron chi connectivity index (χ1n) is 6.86. The molecule has 116 valence electrons. The van der Waals surface area contributed by atoms with Gasteiger partial charge in [-0.15, -0.1) is 0 Å². The van der Waals surface area contributed by atoms with E-state index in [9.17, 15) is 13.2 Å². The molecule has 1 fully saturated rings. The summed E-state index contributed by atoms with van der Waals surface area (Å²) in [5.41, 5.74) is 1.39. The third-order valence-electron chi connectivity index (χ3n) is 4.09. The van der Waals surface area contributed by atoms with E-state index in [2.05, 4.69) is 0 Å². The van der Waals surface area contributed by atoms with E-state index in [4.69, 9.17) is 21.1 Å². The van der Waals surface area contributed by atoms with Gasteiger partial charge in [-0.25, -0.2) is 0 Å². The molecule has 0 amide bonds. The topological polar surface area (TPSA) is 21.8 Å². The van der Waals surface area contributed by atoms with Crippen LogP contribution >= 0.6 is 11.6 Å². The van der Waals surface area contributed by atoms with Gasteiger partial charge in [0.05, 0.1) is 12.7 Å². The molecule has 0 spiro atoms. The highest BCUT2D eigenvalue weighted by molar-refractivity contribution is 6.30. The van der Waals surface area contributed by atoms with Crippen LogP contribution < -0.4 is 4.74 Å². The monoisotopic (exact) mass is 320 g/mol.